The topological polar surface area (TPSA) is 110 Å². The summed E-state index contributed by atoms with van der Waals surface area (Å²) in [5.74, 6) is -0.983. The summed E-state index contributed by atoms with van der Waals surface area (Å²) in [5, 5.41) is 17.0. The number of aliphatic carboxylic acids is 1. The Kier molecular flexibility index (Phi) is 23.2. The van der Waals surface area contributed by atoms with Crippen molar-refractivity contribution in [3.63, 3.8) is 0 Å². The zero-order chi connectivity index (χ0) is 27.9. The van der Waals surface area contributed by atoms with Crippen molar-refractivity contribution in [1.82, 2.24) is 0 Å². The third-order valence-electron chi connectivity index (χ3n) is 6.79. The number of ether oxygens (including phenoxy) is 1. The van der Waals surface area contributed by atoms with Gasteiger partial charge in [-0.05, 0) is 30.8 Å². The summed E-state index contributed by atoms with van der Waals surface area (Å²) in [7, 11) is -4.03. The van der Waals surface area contributed by atoms with Crippen LogP contribution in [0, 0.1) is 0 Å². The largest absolute Gasteiger partial charge is 0.559 e. The molecule has 2 N–H and O–H groups in total. The minimum atomic E-state index is -2.82. The van der Waals surface area contributed by atoms with Crippen LogP contribution in [0.2, 0.25) is 0 Å². The molecule has 37 heavy (non-hydrogen) atoms. The predicted molar refractivity (Wildman–Crippen MR) is 154 cm³/mol. The van der Waals surface area contributed by atoms with E-state index in [-0.39, 0.29) is 11.9 Å². The average Bonchev–Trinajstić information content (AvgIpc) is 2.88. The van der Waals surface area contributed by atoms with Crippen molar-refractivity contribution in [2.45, 2.75) is 154 Å². The van der Waals surface area contributed by atoms with Crippen LogP contribution in [0.25, 0.3) is 0 Å². The van der Waals surface area contributed by atoms with Crippen LogP contribution in [0.1, 0.15) is 137 Å². The van der Waals surface area contributed by atoms with E-state index in [9.17, 15) is 23.8 Å². The molecule has 7 nitrogen and oxygen atoms in total. The Morgan fingerprint density at radius 2 is 1.32 bits per heavy atom. The maximum Gasteiger partial charge on any atom is 0.559 e. The normalized spacial score (nSPS) is 16.2. The van der Waals surface area contributed by atoms with E-state index in [0.717, 1.165) is 51.4 Å². The summed E-state index contributed by atoms with van der Waals surface area (Å²) < 4.78 is 37.1. The number of carboxylic acids is 1. The van der Waals surface area contributed by atoms with Gasteiger partial charge in [0.2, 0.25) is 0 Å². The lowest BCUT2D eigenvalue weighted by Gasteiger charge is -2.27. The van der Waals surface area contributed by atoms with Crippen LogP contribution in [0.4, 0.5) is 0 Å². The van der Waals surface area contributed by atoms with Crippen LogP contribution in [0.3, 0.4) is 0 Å². The first-order valence-corrected chi connectivity index (χ1v) is 17.4. The fraction of sp³-hybridized carbons (Fsp3) is 0.964. The highest BCUT2D eigenvalue weighted by molar-refractivity contribution is 7.85. The van der Waals surface area contributed by atoms with Gasteiger partial charge in [0.05, 0.1) is 11.4 Å². The molecule has 0 radical (unpaired) electrons. The van der Waals surface area contributed by atoms with E-state index in [1.807, 2.05) is 6.92 Å². The van der Waals surface area contributed by atoms with Crippen molar-refractivity contribution in [2.24, 2.45) is 0 Å². The molecule has 0 heterocycles. The van der Waals surface area contributed by atoms with Crippen LogP contribution in [-0.2, 0) is 29.4 Å². The number of carboxylic acid groups (broad SMARTS) is 1. The Labute approximate surface area is 230 Å². The molecule has 0 aromatic carbocycles. The lowest BCUT2D eigenvalue weighted by molar-refractivity contribution is -0.164. The Morgan fingerprint density at radius 1 is 0.838 bits per heavy atom. The van der Waals surface area contributed by atoms with Gasteiger partial charge < -0.3 is 14.9 Å². The highest BCUT2D eigenvalue weighted by atomic mass is 32.2. The highest BCUT2D eigenvalue weighted by Crippen LogP contribution is 2.43. The van der Waals surface area contributed by atoms with Gasteiger partial charge in [-0.3, -0.25) is 4.21 Å². The Hall–Kier alpha value is -0.400. The molecule has 0 aromatic heterocycles. The molecule has 5 atom stereocenters. The molecule has 0 fully saturated rings. The van der Waals surface area contributed by atoms with Crippen molar-refractivity contribution in [3.05, 3.63) is 0 Å². The van der Waals surface area contributed by atoms with Crippen LogP contribution >= 0.6 is 8.03 Å². The molecule has 0 rings (SSSR count). The van der Waals surface area contributed by atoms with Gasteiger partial charge >= 0.3 is 19.3 Å². The zero-order valence-corrected chi connectivity index (χ0v) is 25.8. The Bertz CT molecular complexity index is 619. The summed E-state index contributed by atoms with van der Waals surface area (Å²) in [6.45, 7) is 7.02. The van der Waals surface area contributed by atoms with E-state index < -0.39 is 42.8 Å². The Balaban J connectivity index is 5.01. The van der Waals surface area contributed by atoms with Crippen LogP contribution in [0.15, 0.2) is 0 Å². The minimum Gasteiger partial charge on any atom is -0.476 e. The Morgan fingerprint density at radius 3 is 1.78 bits per heavy atom. The molecule has 0 spiro atoms. The number of unbranched alkanes of at least 4 members (excludes halogenated alkanes) is 13. The number of rotatable bonds is 27. The maximum atomic E-state index is 13.3. The number of carbonyl (C=O) groups is 1. The fourth-order valence-electron chi connectivity index (χ4n) is 4.41. The lowest BCUT2D eigenvalue weighted by atomic mass is 10.1. The van der Waals surface area contributed by atoms with Gasteiger partial charge in [0.1, 0.15) is 13.2 Å². The van der Waals surface area contributed by atoms with E-state index in [4.69, 9.17) is 9.26 Å². The van der Waals surface area contributed by atoms with Crippen molar-refractivity contribution in [1.29, 1.82) is 0 Å². The number of hydrogen-bond acceptors (Lipinski definition) is 6. The first kappa shape index (κ1) is 36.6. The first-order chi connectivity index (χ1) is 17.8. The van der Waals surface area contributed by atoms with E-state index in [2.05, 4.69) is 13.8 Å². The molecule has 5 unspecified atom stereocenters. The predicted octanol–water partition coefficient (Wildman–Crippen LogP) is 7.73. The second-order valence-electron chi connectivity index (χ2n) is 10.2. The third kappa shape index (κ3) is 15.7. The molecule has 0 aliphatic rings. The average molecular weight is 568 g/mol. The lowest BCUT2D eigenvalue weighted by Crippen LogP contribution is -2.48. The molecular weight excluding hydrogens is 511 g/mol. The van der Waals surface area contributed by atoms with E-state index in [1.54, 1.807) is 6.92 Å². The molecule has 0 amide bonds. The quantitative estimate of drug-likeness (QED) is 0.0772. The van der Waals surface area contributed by atoms with Crippen molar-refractivity contribution >= 4 is 24.8 Å². The minimum absolute atomic E-state index is 0.105. The van der Waals surface area contributed by atoms with Gasteiger partial charge in [-0.1, -0.05) is 111 Å². The molecule has 0 saturated carbocycles. The summed E-state index contributed by atoms with van der Waals surface area (Å²) in [6, 6.07) is 0. The second kappa shape index (κ2) is 23.5. The number of aliphatic hydroxyl groups excluding tert-OH is 1. The van der Waals surface area contributed by atoms with Crippen molar-refractivity contribution in [2.75, 3.05) is 19.0 Å². The molecule has 220 valence electrons. The molecule has 0 saturated heterocycles. The zero-order valence-electron chi connectivity index (χ0n) is 24.1. The maximum absolute atomic E-state index is 13.3. The van der Waals surface area contributed by atoms with Gasteiger partial charge in [0.25, 0.3) is 0 Å². The smallest absolute Gasteiger partial charge is 0.476 e. The number of aliphatic hydroxyl groups is 1. The highest BCUT2D eigenvalue weighted by Gasteiger charge is 2.62. The third-order valence-corrected chi connectivity index (χ3v) is 10.2. The summed E-state index contributed by atoms with van der Waals surface area (Å²) in [4.78, 5) is 12.1. The summed E-state index contributed by atoms with van der Waals surface area (Å²) in [6.07, 6.45) is 17.8. The van der Waals surface area contributed by atoms with E-state index >= 15 is 0 Å². The van der Waals surface area contributed by atoms with Gasteiger partial charge in [-0.2, -0.15) is 0 Å². The van der Waals surface area contributed by atoms with Crippen LogP contribution in [-0.4, -0.2) is 56.1 Å². The van der Waals surface area contributed by atoms with E-state index in [0.29, 0.717) is 18.6 Å². The molecular formula is C28H56O7PS+. The molecule has 0 aliphatic heterocycles. The summed E-state index contributed by atoms with van der Waals surface area (Å²) in [5.41, 5.74) is 0. The van der Waals surface area contributed by atoms with Crippen LogP contribution < -0.4 is 0 Å². The standard InChI is InChI=1S/C28H55O7PS/c1-5-8-10-12-13-14-15-16-18-20-23-37(33)26(21-19-17-11-9-6-2)25(4)35-28(24-29,27(30)31)36(32)34-22-7-3/h25-26,29H,5-24H2,1-4H3/p+1. The second-order valence-corrected chi connectivity index (χ2v) is 13.4. The van der Waals surface area contributed by atoms with Crippen LogP contribution in [0.5, 0.6) is 0 Å². The summed E-state index contributed by atoms with van der Waals surface area (Å²) >= 11 is 0. The fourth-order valence-corrected chi connectivity index (χ4v) is 7.19. The molecule has 0 aliphatic carbocycles. The monoisotopic (exact) mass is 567 g/mol. The first-order valence-electron chi connectivity index (χ1n) is 14.8. The molecule has 0 aromatic rings. The molecule has 0 bridgehead atoms. The van der Waals surface area contributed by atoms with Gasteiger partial charge in [-0.25, -0.2) is 4.79 Å². The van der Waals surface area contributed by atoms with Gasteiger partial charge in [0, 0.05) is 16.6 Å². The van der Waals surface area contributed by atoms with E-state index in [1.165, 1.54) is 44.9 Å². The van der Waals surface area contributed by atoms with Gasteiger partial charge in [0.15, 0.2) is 0 Å². The van der Waals surface area contributed by atoms with Crippen molar-refractivity contribution < 1.29 is 33.0 Å². The van der Waals surface area contributed by atoms with Gasteiger partial charge in [-0.15, -0.1) is 4.52 Å². The SMILES string of the molecule is CCCCCCCCCCCCS(=O)C(CCCCCCC)C(C)OC(CO)(C(=O)O)[P+](=O)OCCC. The van der Waals surface area contributed by atoms with Crippen molar-refractivity contribution in [3.8, 4) is 0 Å². The number of hydrogen-bond donors (Lipinski definition) is 2. The molecule has 9 heteroatoms.